The van der Waals surface area contributed by atoms with Gasteiger partial charge in [0.15, 0.2) is 17.6 Å². The van der Waals surface area contributed by atoms with Crippen molar-refractivity contribution < 1.29 is 23.7 Å². The third kappa shape index (κ3) is 4.59. The van der Waals surface area contributed by atoms with Gasteiger partial charge in [-0.25, -0.2) is 19.7 Å². The van der Waals surface area contributed by atoms with Crippen molar-refractivity contribution in [3.05, 3.63) is 53.4 Å². The van der Waals surface area contributed by atoms with Crippen LogP contribution in [0.1, 0.15) is 5.56 Å². The van der Waals surface area contributed by atoms with Crippen molar-refractivity contribution in [3.63, 3.8) is 0 Å². The average Bonchev–Trinajstić information content (AvgIpc) is 3.38. The summed E-state index contributed by atoms with van der Waals surface area (Å²) in [5, 5.41) is 11.1. The van der Waals surface area contributed by atoms with Gasteiger partial charge in [-0.05, 0) is 30.7 Å². The zero-order valence-electron chi connectivity index (χ0n) is 20.1. The van der Waals surface area contributed by atoms with E-state index in [0.29, 0.717) is 44.6 Å². The van der Waals surface area contributed by atoms with Crippen LogP contribution in [-0.4, -0.2) is 57.7 Å². The summed E-state index contributed by atoms with van der Waals surface area (Å²) in [5.41, 5.74) is 4.32. The number of anilines is 1. The summed E-state index contributed by atoms with van der Waals surface area (Å²) in [6.45, 7) is 2.14. The molecule has 1 aliphatic rings. The van der Waals surface area contributed by atoms with Crippen LogP contribution in [0, 0.1) is 6.92 Å². The van der Waals surface area contributed by atoms with E-state index in [4.69, 9.17) is 35.5 Å². The number of nitrogens with zero attached hydrogens (tertiary/aromatic N) is 5. The Balaban J connectivity index is 1.26. The molecule has 0 radical (unpaired) electrons. The first-order valence-electron chi connectivity index (χ1n) is 11.4. The Kier molecular flexibility index (Phi) is 6.26. The second-order valence-electron chi connectivity index (χ2n) is 8.38. The Bertz CT molecular complexity index is 1680. The van der Waals surface area contributed by atoms with Gasteiger partial charge in [-0.1, -0.05) is 11.6 Å². The van der Waals surface area contributed by atoms with Crippen molar-refractivity contribution in [2.24, 2.45) is 0 Å². The molecule has 0 unspecified atom stereocenters. The van der Waals surface area contributed by atoms with E-state index >= 15 is 0 Å². The van der Waals surface area contributed by atoms with Gasteiger partial charge < -0.3 is 18.9 Å². The quantitative estimate of drug-likeness (QED) is 0.317. The zero-order chi connectivity index (χ0) is 26.2. The third-order valence-corrected chi connectivity index (χ3v) is 7.06. The van der Waals surface area contributed by atoms with E-state index in [2.05, 4.69) is 25.5 Å². The molecule has 0 aliphatic carbocycles. The standard InChI is InChI=1S/C25H19ClN6O5S/c1-12-5-15(20-17(6-12)31-19(34-2)9-27-20)24-32-21-16(26)7-18-22(23(21)38-24)35-10-14(37-18)11-36-25(33)30-13-3-4-28-29-8-13/h3-9,14H,10-11H2,1-2H3,(H,28,30,33)/t14-/m1/s1. The summed E-state index contributed by atoms with van der Waals surface area (Å²) in [6.07, 6.45) is 3.30. The van der Waals surface area contributed by atoms with E-state index in [1.165, 1.54) is 23.7 Å². The number of aryl methyl sites for hydroxylation is 1. The first kappa shape index (κ1) is 24.1. The second kappa shape index (κ2) is 9.88. The number of rotatable bonds is 5. The summed E-state index contributed by atoms with van der Waals surface area (Å²) in [4.78, 5) is 26.0. The molecule has 192 valence electrons. The molecule has 0 saturated carbocycles. The van der Waals surface area contributed by atoms with E-state index in [0.717, 1.165) is 20.8 Å². The van der Waals surface area contributed by atoms with Crippen LogP contribution < -0.4 is 19.5 Å². The molecule has 0 bridgehead atoms. The predicted octanol–water partition coefficient (Wildman–Crippen LogP) is 5.06. The summed E-state index contributed by atoms with van der Waals surface area (Å²) in [7, 11) is 1.55. The molecule has 4 heterocycles. The third-order valence-electron chi connectivity index (χ3n) is 5.69. The van der Waals surface area contributed by atoms with Crippen molar-refractivity contribution >= 4 is 56.0 Å². The van der Waals surface area contributed by atoms with Crippen LogP contribution in [0.5, 0.6) is 17.4 Å². The molecule has 1 aliphatic heterocycles. The molecule has 2 aromatic carbocycles. The highest BCUT2D eigenvalue weighted by Gasteiger charge is 2.28. The molecular formula is C25H19ClN6O5S. The maximum absolute atomic E-state index is 12.1. The lowest BCUT2D eigenvalue weighted by molar-refractivity contribution is 0.0383. The van der Waals surface area contributed by atoms with Crippen LogP contribution >= 0.6 is 22.9 Å². The van der Waals surface area contributed by atoms with Crippen molar-refractivity contribution in [1.82, 2.24) is 25.1 Å². The lowest BCUT2D eigenvalue weighted by Crippen LogP contribution is -2.35. The van der Waals surface area contributed by atoms with Crippen molar-refractivity contribution in [2.75, 3.05) is 25.6 Å². The van der Waals surface area contributed by atoms with E-state index in [1.54, 1.807) is 25.4 Å². The summed E-state index contributed by atoms with van der Waals surface area (Å²) >= 11 is 8.03. The predicted molar refractivity (Wildman–Crippen MR) is 141 cm³/mol. The van der Waals surface area contributed by atoms with E-state index < -0.39 is 12.2 Å². The summed E-state index contributed by atoms with van der Waals surface area (Å²) in [6, 6.07) is 7.23. The van der Waals surface area contributed by atoms with Gasteiger partial charge in [0.25, 0.3) is 0 Å². The average molecular weight is 551 g/mol. The molecule has 5 aromatic rings. The highest BCUT2D eigenvalue weighted by atomic mass is 35.5. The van der Waals surface area contributed by atoms with Gasteiger partial charge in [0.2, 0.25) is 5.88 Å². The van der Waals surface area contributed by atoms with Crippen LogP contribution in [0.25, 0.3) is 31.8 Å². The van der Waals surface area contributed by atoms with Crippen molar-refractivity contribution in [3.8, 4) is 28.0 Å². The van der Waals surface area contributed by atoms with Gasteiger partial charge in [0.1, 0.15) is 28.4 Å². The maximum Gasteiger partial charge on any atom is 0.411 e. The Morgan fingerprint density at radius 3 is 2.92 bits per heavy atom. The number of halogens is 1. The molecule has 0 saturated heterocycles. The minimum Gasteiger partial charge on any atom is -0.484 e. The van der Waals surface area contributed by atoms with Gasteiger partial charge in [-0.2, -0.15) is 10.2 Å². The van der Waals surface area contributed by atoms with Gasteiger partial charge in [0, 0.05) is 11.6 Å². The highest BCUT2D eigenvalue weighted by molar-refractivity contribution is 7.22. The first-order valence-corrected chi connectivity index (χ1v) is 12.6. The Morgan fingerprint density at radius 1 is 1.21 bits per heavy atom. The summed E-state index contributed by atoms with van der Waals surface area (Å²) in [5.74, 6) is 1.43. The van der Waals surface area contributed by atoms with Crippen molar-refractivity contribution in [1.29, 1.82) is 0 Å². The van der Waals surface area contributed by atoms with E-state index in [1.807, 2.05) is 19.1 Å². The normalized spacial score (nSPS) is 14.4. The van der Waals surface area contributed by atoms with E-state index in [-0.39, 0.29) is 13.2 Å². The zero-order valence-corrected chi connectivity index (χ0v) is 21.7. The van der Waals surface area contributed by atoms with Crippen LogP contribution in [-0.2, 0) is 4.74 Å². The lowest BCUT2D eigenvalue weighted by Gasteiger charge is -2.26. The van der Waals surface area contributed by atoms with Crippen LogP contribution in [0.4, 0.5) is 10.5 Å². The second-order valence-corrected chi connectivity index (χ2v) is 9.79. The number of benzene rings is 2. The number of nitrogens with one attached hydrogen (secondary N) is 1. The van der Waals surface area contributed by atoms with Gasteiger partial charge >= 0.3 is 6.09 Å². The Morgan fingerprint density at radius 2 is 2.11 bits per heavy atom. The molecule has 3 aromatic heterocycles. The minimum absolute atomic E-state index is 0.0230. The number of hydrogen-bond donors (Lipinski definition) is 1. The van der Waals surface area contributed by atoms with Gasteiger partial charge in [-0.3, -0.25) is 5.32 Å². The molecule has 38 heavy (non-hydrogen) atoms. The molecule has 11 nitrogen and oxygen atoms in total. The van der Waals surface area contributed by atoms with E-state index in [9.17, 15) is 4.79 Å². The number of aromatic nitrogens is 5. The monoisotopic (exact) mass is 550 g/mol. The largest absolute Gasteiger partial charge is 0.484 e. The highest BCUT2D eigenvalue weighted by Crippen LogP contribution is 2.47. The number of ether oxygens (including phenoxy) is 4. The molecule has 13 heteroatoms. The SMILES string of the molecule is COc1cnc2c(-c3nc4c(Cl)cc5c(c4s3)OC[C@H](COC(=O)Nc3ccnnc3)O5)cc(C)cc2n1. The lowest BCUT2D eigenvalue weighted by atomic mass is 10.1. The number of amides is 1. The molecule has 1 amide bonds. The Hall–Kier alpha value is -4.29. The number of carbonyl (C=O) groups excluding carboxylic acids is 1. The molecule has 6 rings (SSSR count). The van der Waals surface area contributed by atoms with Gasteiger partial charge in [-0.15, -0.1) is 11.3 Å². The fraction of sp³-hybridized carbons (Fsp3) is 0.200. The number of thiazole rings is 1. The molecule has 0 fully saturated rings. The first-order chi connectivity index (χ1) is 18.5. The topological polar surface area (TPSA) is 130 Å². The van der Waals surface area contributed by atoms with Crippen LogP contribution in [0.15, 0.2) is 42.9 Å². The fourth-order valence-electron chi connectivity index (χ4n) is 4.00. The number of hydrogen-bond acceptors (Lipinski definition) is 11. The van der Waals surface area contributed by atoms with Crippen LogP contribution in [0.3, 0.4) is 0 Å². The molecule has 0 spiro atoms. The number of carbonyl (C=O) groups is 1. The molecule has 1 N–H and O–H groups in total. The number of methoxy groups -OCH3 is 1. The number of fused-ring (bicyclic) bond motifs is 4. The minimum atomic E-state index is -0.640. The maximum atomic E-state index is 12.1. The Labute approximate surface area is 224 Å². The van der Waals surface area contributed by atoms with Crippen molar-refractivity contribution in [2.45, 2.75) is 13.0 Å². The molecular weight excluding hydrogens is 532 g/mol. The smallest absolute Gasteiger partial charge is 0.411 e. The summed E-state index contributed by atoms with van der Waals surface area (Å²) < 4.78 is 23.4. The van der Waals surface area contributed by atoms with Gasteiger partial charge in [0.05, 0.1) is 47.4 Å². The van der Waals surface area contributed by atoms with Crippen LogP contribution in [0.2, 0.25) is 5.02 Å². The molecule has 1 atom stereocenters. The fourth-order valence-corrected chi connectivity index (χ4v) is 5.40.